The molecule has 1 aromatic carbocycles. The second kappa shape index (κ2) is 7.21. The number of aliphatic hydroxyl groups excluding tert-OH is 1. The predicted octanol–water partition coefficient (Wildman–Crippen LogP) is 2.78. The van der Waals surface area contributed by atoms with Crippen LogP contribution in [0, 0.1) is 5.92 Å². The molecule has 1 saturated carbocycles. The third-order valence-electron chi connectivity index (χ3n) is 3.79. The number of likely N-dealkylation sites (N-methyl/N-ethyl adjacent to an activating group) is 1. The standard InChI is InChI=1S/C18H28N2O3/c1-18(2,3)23-16-8-6-5-7-14(16)11-19-17(22)20(4)12-15(21)13-9-10-13/h5-8,13,15,21H,9-12H2,1-4H3,(H,19,22). The first-order valence-electron chi connectivity index (χ1n) is 8.20. The van der Waals surface area contributed by atoms with E-state index in [0.717, 1.165) is 24.2 Å². The molecule has 0 aromatic heterocycles. The van der Waals surface area contributed by atoms with Crippen molar-refractivity contribution in [2.24, 2.45) is 5.92 Å². The molecule has 0 aliphatic heterocycles. The fourth-order valence-electron chi connectivity index (χ4n) is 2.38. The summed E-state index contributed by atoms with van der Waals surface area (Å²) in [6.07, 6.45) is 1.71. The lowest BCUT2D eigenvalue weighted by Crippen LogP contribution is -2.41. The van der Waals surface area contributed by atoms with Gasteiger partial charge in [0, 0.05) is 25.7 Å². The quantitative estimate of drug-likeness (QED) is 0.847. The fraction of sp³-hybridized carbons (Fsp3) is 0.611. The SMILES string of the molecule is CN(CC(O)C1CC1)C(=O)NCc1ccccc1OC(C)(C)C. The summed E-state index contributed by atoms with van der Waals surface area (Å²) in [6, 6.07) is 7.52. The van der Waals surface area contributed by atoms with E-state index < -0.39 is 6.10 Å². The maximum absolute atomic E-state index is 12.2. The van der Waals surface area contributed by atoms with E-state index in [0.29, 0.717) is 19.0 Å². The minimum absolute atomic E-state index is 0.185. The molecule has 0 heterocycles. The first-order valence-corrected chi connectivity index (χ1v) is 8.20. The van der Waals surface area contributed by atoms with E-state index in [1.807, 2.05) is 45.0 Å². The van der Waals surface area contributed by atoms with Crippen LogP contribution in [0.1, 0.15) is 39.2 Å². The molecule has 128 valence electrons. The van der Waals surface area contributed by atoms with Crippen molar-refractivity contribution in [2.75, 3.05) is 13.6 Å². The molecule has 5 nitrogen and oxygen atoms in total. The number of hydrogen-bond acceptors (Lipinski definition) is 3. The van der Waals surface area contributed by atoms with Gasteiger partial charge in [-0.2, -0.15) is 0 Å². The number of rotatable bonds is 6. The van der Waals surface area contributed by atoms with Crippen LogP contribution >= 0.6 is 0 Å². The average Bonchev–Trinajstić information content (AvgIpc) is 3.28. The molecule has 1 unspecified atom stereocenters. The minimum Gasteiger partial charge on any atom is -0.488 e. The van der Waals surface area contributed by atoms with E-state index in [1.54, 1.807) is 7.05 Å². The second-order valence-corrected chi connectivity index (χ2v) is 7.27. The summed E-state index contributed by atoms with van der Waals surface area (Å²) in [5.41, 5.74) is 0.651. The molecule has 1 aromatic rings. The topological polar surface area (TPSA) is 61.8 Å². The molecule has 0 bridgehead atoms. The molecule has 1 aliphatic rings. The molecular weight excluding hydrogens is 292 g/mol. The van der Waals surface area contributed by atoms with E-state index in [1.165, 1.54) is 4.90 Å². The van der Waals surface area contributed by atoms with Crippen LogP contribution < -0.4 is 10.1 Å². The number of carbonyl (C=O) groups excluding carboxylic acids is 1. The Balaban J connectivity index is 1.88. The van der Waals surface area contributed by atoms with Gasteiger partial charge in [-0.3, -0.25) is 0 Å². The molecular formula is C18H28N2O3. The zero-order chi connectivity index (χ0) is 17.0. The molecule has 2 N–H and O–H groups in total. The second-order valence-electron chi connectivity index (χ2n) is 7.27. The average molecular weight is 320 g/mol. The first kappa shape index (κ1) is 17.6. The summed E-state index contributed by atoms with van der Waals surface area (Å²) in [5, 5.41) is 12.8. The smallest absolute Gasteiger partial charge is 0.317 e. The molecule has 1 atom stereocenters. The minimum atomic E-state index is -0.415. The number of para-hydroxylation sites is 1. The van der Waals surface area contributed by atoms with E-state index in [2.05, 4.69) is 5.32 Å². The highest BCUT2D eigenvalue weighted by Crippen LogP contribution is 2.32. The Morgan fingerprint density at radius 2 is 2.04 bits per heavy atom. The number of ether oxygens (including phenoxy) is 1. The zero-order valence-electron chi connectivity index (χ0n) is 14.5. The van der Waals surface area contributed by atoms with Gasteiger partial charge in [-0.1, -0.05) is 18.2 Å². The van der Waals surface area contributed by atoms with Crippen LogP contribution in [0.4, 0.5) is 4.79 Å². The van der Waals surface area contributed by atoms with E-state index >= 15 is 0 Å². The Labute approximate surface area is 138 Å². The Hall–Kier alpha value is -1.75. The van der Waals surface area contributed by atoms with Gasteiger partial charge in [0.2, 0.25) is 0 Å². The fourth-order valence-corrected chi connectivity index (χ4v) is 2.38. The Morgan fingerprint density at radius 3 is 2.65 bits per heavy atom. The summed E-state index contributed by atoms with van der Waals surface area (Å²) < 4.78 is 5.92. The molecule has 0 spiro atoms. The molecule has 2 rings (SSSR count). The number of nitrogens with one attached hydrogen (secondary N) is 1. The number of aliphatic hydroxyl groups is 1. The number of nitrogens with zero attached hydrogens (tertiary/aromatic N) is 1. The van der Waals surface area contributed by atoms with Gasteiger partial charge in [0.1, 0.15) is 11.4 Å². The third kappa shape index (κ3) is 5.75. The summed E-state index contributed by atoms with van der Waals surface area (Å²) in [4.78, 5) is 13.7. The molecule has 2 amide bonds. The molecule has 23 heavy (non-hydrogen) atoms. The Bertz CT molecular complexity index is 535. The lowest BCUT2D eigenvalue weighted by atomic mass is 10.1. The number of amides is 2. The summed E-state index contributed by atoms with van der Waals surface area (Å²) in [6.45, 7) is 6.76. The summed E-state index contributed by atoms with van der Waals surface area (Å²) in [7, 11) is 1.71. The van der Waals surface area contributed by atoms with E-state index in [4.69, 9.17) is 4.74 Å². The van der Waals surface area contributed by atoms with Gasteiger partial charge in [0.25, 0.3) is 0 Å². The van der Waals surface area contributed by atoms with Gasteiger partial charge in [0.05, 0.1) is 6.10 Å². The molecule has 1 aliphatic carbocycles. The third-order valence-corrected chi connectivity index (χ3v) is 3.79. The van der Waals surface area contributed by atoms with Crippen molar-refractivity contribution in [3.8, 4) is 5.75 Å². The van der Waals surface area contributed by atoms with Gasteiger partial charge in [-0.25, -0.2) is 4.79 Å². The number of carbonyl (C=O) groups is 1. The summed E-state index contributed by atoms with van der Waals surface area (Å²) in [5.74, 6) is 1.15. The number of urea groups is 1. The molecule has 0 saturated heterocycles. The molecule has 5 heteroatoms. The highest BCUT2D eigenvalue weighted by atomic mass is 16.5. The van der Waals surface area contributed by atoms with Crippen LogP contribution in [0.5, 0.6) is 5.75 Å². The van der Waals surface area contributed by atoms with E-state index in [-0.39, 0.29) is 11.6 Å². The van der Waals surface area contributed by atoms with Crippen LogP contribution in [-0.2, 0) is 6.54 Å². The van der Waals surface area contributed by atoms with Crippen LogP contribution in [0.2, 0.25) is 0 Å². The van der Waals surface area contributed by atoms with E-state index in [9.17, 15) is 9.90 Å². The van der Waals surface area contributed by atoms with Crippen LogP contribution in [-0.4, -0.2) is 41.3 Å². The van der Waals surface area contributed by atoms with Crippen molar-refractivity contribution in [1.29, 1.82) is 0 Å². The zero-order valence-corrected chi connectivity index (χ0v) is 14.5. The van der Waals surface area contributed by atoms with Crippen molar-refractivity contribution in [3.05, 3.63) is 29.8 Å². The van der Waals surface area contributed by atoms with Crippen molar-refractivity contribution in [1.82, 2.24) is 10.2 Å². The van der Waals surface area contributed by atoms with Crippen molar-refractivity contribution >= 4 is 6.03 Å². The van der Waals surface area contributed by atoms with Gasteiger partial charge >= 0.3 is 6.03 Å². The van der Waals surface area contributed by atoms with Gasteiger partial charge in [0.15, 0.2) is 0 Å². The van der Waals surface area contributed by atoms with Crippen LogP contribution in [0.15, 0.2) is 24.3 Å². The van der Waals surface area contributed by atoms with Gasteiger partial charge in [-0.15, -0.1) is 0 Å². The summed E-state index contributed by atoms with van der Waals surface area (Å²) >= 11 is 0. The lowest BCUT2D eigenvalue weighted by Gasteiger charge is -2.24. The van der Waals surface area contributed by atoms with Crippen molar-refractivity contribution in [3.63, 3.8) is 0 Å². The molecule has 0 radical (unpaired) electrons. The number of benzene rings is 1. The normalized spacial score (nSPS) is 15.9. The van der Waals surface area contributed by atoms with Gasteiger partial charge in [-0.05, 0) is 45.6 Å². The van der Waals surface area contributed by atoms with Crippen LogP contribution in [0.3, 0.4) is 0 Å². The number of hydrogen-bond donors (Lipinski definition) is 2. The first-order chi connectivity index (χ1) is 10.8. The lowest BCUT2D eigenvalue weighted by molar-refractivity contribution is 0.113. The predicted molar refractivity (Wildman–Crippen MR) is 90.4 cm³/mol. The van der Waals surface area contributed by atoms with Crippen molar-refractivity contribution < 1.29 is 14.6 Å². The largest absolute Gasteiger partial charge is 0.488 e. The Morgan fingerprint density at radius 1 is 1.39 bits per heavy atom. The Kier molecular flexibility index (Phi) is 5.52. The van der Waals surface area contributed by atoms with Crippen LogP contribution in [0.25, 0.3) is 0 Å². The monoisotopic (exact) mass is 320 g/mol. The molecule has 1 fully saturated rings. The maximum atomic E-state index is 12.2. The van der Waals surface area contributed by atoms with Crippen molar-refractivity contribution in [2.45, 2.75) is 51.9 Å². The van der Waals surface area contributed by atoms with Gasteiger partial charge < -0.3 is 20.1 Å². The highest BCUT2D eigenvalue weighted by molar-refractivity contribution is 5.74. The highest BCUT2D eigenvalue weighted by Gasteiger charge is 2.31. The maximum Gasteiger partial charge on any atom is 0.317 e.